The van der Waals surface area contributed by atoms with Gasteiger partial charge in [0.2, 0.25) is 0 Å². The third-order valence-electron chi connectivity index (χ3n) is 2.56. The second kappa shape index (κ2) is 7.53. The van der Waals surface area contributed by atoms with E-state index < -0.39 is 5.97 Å². The third kappa shape index (κ3) is 4.83. The van der Waals surface area contributed by atoms with Crippen LogP contribution >= 0.6 is 23.8 Å². The molecule has 0 saturated heterocycles. The van der Waals surface area contributed by atoms with Crippen LogP contribution in [0.15, 0.2) is 53.6 Å². The van der Waals surface area contributed by atoms with Crippen molar-refractivity contribution in [1.82, 2.24) is 5.43 Å². The van der Waals surface area contributed by atoms with Gasteiger partial charge in [-0.3, -0.25) is 5.43 Å². The molecule has 112 valence electrons. The van der Waals surface area contributed by atoms with Gasteiger partial charge >= 0.3 is 5.97 Å². The van der Waals surface area contributed by atoms with Crippen LogP contribution in [-0.4, -0.2) is 17.3 Å². The standard InChI is InChI=1S/C15H12ClN3O2S/c16-12-5-3-11(4-6-12)14(20)21-13-7-1-10(2-8-13)9-18-19-15(17)22/h1-9H,(H3,17,19,22). The number of hydrogen-bond donors (Lipinski definition) is 2. The summed E-state index contributed by atoms with van der Waals surface area (Å²) in [5.41, 5.74) is 8.92. The summed E-state index contributed by atoms with van der Waals surface area (Å²) in [7, 11) is 0. The zero-order chi connectivity index (χ0) is 15.9. The van der Waals surface area contributed by atoms with Crippen LogP contribution in [0.1, 0.15) is 15.9 Å². The fraction of sp³-hybridized carbons (Fsp3) is 0. The Morgan fingerprint density at radius 2 is 1.82 bits per heavy atom. The zero-order valence-electron chi connectivity index (χ0n) is 11.3. The van der Waals surface area contributed by atoms with Gasteiger partial charge in [0.15, 0.2) is 5.11 Å². The van der Waals surface area contributed by atoms with E-state index >= 15 is 0 Å². The normalized spacial score (nSPS) is 10.4. The molecule has 0 aliphatic carbocycles. The minimum absolute atomic E-state index is 0.0877. The first-order valence-electron chi connectivity index (χ1n) is 6.21. The highest BCUT2D eigenvalue weighted by molar-refractivity contribution is 7.80. The molecular formula is C15H12ClN3O2S. The smallest absolute Gasteiger partial charge is 0.343 e. The molecule has 0 saturated carbocycles. The van der Waals surface area contributed by atoms with Crippen molar-refractivity contribution >= 4 is 41.1 Å². The topological polar surface area (TPSA) is 76.7 Å². The lowest BCUT2D eigenvalue weighted by atomic mass is 10.2. The maximum Gasteiger partial charge on any atom is 0.343 e. The molecule has 3 N–H and O–H groups in total. The molecule has 0 bridgehead atoms. The Bertz CT molecular complexity index is 700. The van der Waals surface area contributed by atoms with Crippen LogP contribution in [0.2, 0.25) is 5.02 Å². The van der Waals surface area contributed by atoms with Gasteiger partial charge in [-0.2, -0.15) is 5.10 Å². The number of nitrogens with one attached hydrogen (secondary N) is 1. The number of carbonyl (C=O) groups excluding carboxylic acids is 1. The summed E-state index contributed by atoms with van der Waals surface area (Å²) in [5, 5.41) is 4.47. The van der Waals surface area contributed by atoms with Gasteiger partial charge in [-0.15, -0.1) is 0 Å². The molecule has 22 heavy (non-hydrogen) atoms. The van der Waals surface area contributed by atoms with Crippen LogP contribution in [0.4, 0.5) is 0 Å². The highest BCUT2D eigenvalue weighted by Crippen LogP contribution is 2.15. The highest BCUT2D eigenvalue weighted by atomic mass is 35.5. The van der Waals surface area contributed by atoms with Crippen molar-refractivity contribution < 1.29 is 9.53 Å². The minimum atomic E-state index is -0.451. The molecule has 0 atom stereocenters. The highest BCUT2D eigenvalue weighted by Gasteiger charge is 2.08. The minimum Gasteiger partial charge on any atom is -0.423 e. The third-order valence-corrected chi connectivity index (χ3v) is 2.90. The number of halogens is 1. The number of rotatable bonds is 4. The predicted octanol–water partition coefficient (Wildman–Crippen LogP) is 2.73. The van der Waals surface area contributed by atoms with Gasteiger partial charge in [0.25, 0.3) is 0 Å². The van der Waals surface area contributed by atoms with Crippen molar-refractivity contribution in [2.24, 2.45) is 10.8 Å². The predicted molar refractivity (Wildman–Crippen MR) is 90.4 cm³/mol. The average molecular weight is 334 g/mol. The van der Waals surface area contributed by atoms with Gasteiger partial charge in [-0.25, -0.2) is 4.79 Å². The molecule has 0 spiro atoms. The molecule has 0 fully saturated rings. The van der Waals surface area contributed by atoms with Crippen LogP contribution in [0.5, 0.6) is 5.75 Å². The number of carbonyl (C=O) groups is 1. The van der Waals surface area contributed by atoms with E-state index in [1.165, 1.54) is 0 Å². The lowest BCUT2D eigenvalue weighted by molar-refractivity contribution is 0.0735. The van der Waals surface area contributed by atoms with Gasteiger partial charge in [0.05, 0.1) is 11.8 Å². The fourth-order valence-corrected chi connectivity index (χ4v) is 1.72. The number of ether oxygens (including phenoxy) is 1. The number of nitrogens with zero attached hydrogens (tertiary/aromatic N) is 1. The summed E-state index contributed by atoms with van der Waals surface area (Å²) in [4.78, 5) is 11.9. The van der Waals surface area contributed by atoms with Crippen molar-refractivity contribution in [3.8, 4) is 5.75 Å². The number of nitrogens with two attached hydrogens (primary N) is 1. The first kappa shape index (κ1) is 15.9. The summed E-state index contributed by atoms with van der Waals surface area (Å²) in [5.74, 6) is -0.0207. The SMILES string of the molecule is NC(=S)NN=Cc1ccc(OC(=O)c2ccc(Cl)cc2)cc1. The van der Waals surface area contributed by atoms with Gasteiger partial charge in [-0.05, 0) is 66.3 Å². The molecule has 0 amide bonds. The average Bonchev–Trinajstić information content (AvgIpc) is 2.49. The molecule has 5 nitrogen and oxygen atoms in total. The monoisotopic (exact) mass is 333 g/mol. The molecule has 7 heteroatoms. The van der Waals surface area contributed by atoms with Gasteiger partial charge in [0, 0.05) is 5.02 Å². The van der Waals surface area contributed by atoms with E-state index in [9.17, 15) is 4.79 Å². The summed E-state index contributed by atoms with van der Waals surface area (Å²) in [6.45, 7) is 0. The molecule has 2 aromatic carbocycles. The number of thiocarbonyl (C=S) groups is 1. The Kier molecular flexibility index (Phi) is 5.46. The molecule has 0 radical (unpaired) electrons. The van der Waals surface area contributed by atoms with E-state index in [2.05, 4.69) is 22.7 Å². The molecule has 0 unspecified atom stereocenters. The first-order chi connectivity index (χ1) is 10.5. The quantitative estimate of drug-likeness (QED) is 0.296. The molecule has 2 rings (SSSR count). The van der Waals surface area contributed by atoms with Crippen LogP contribution < -0.4 is 15.9 Å². The summed E-state index contributed by atoms with van der Waals surface area (Å²) < 4.78 is 5.26. The summed E-state index contributed by atoms with van der Waals surface area (Å²) >= 11 is 10.4. The number of esters is 1. The lowest BCUT2D eigenvalue weighted by Crippen LogP contribution is -2.23. The van der Waals surface area contributed by atoms with E-state index in [0.717, 1.165) is 5.56 Å². The van der Waals surface area contributed by atoms with Crippen molar-refractivity contribution in [3.63, 3.8) is 0 Å². The van der Waals surface area contributed by atoms with Gasteiger partial charge in [0.1, 0.15) is 5.75 Å². The van der Waals surface area contributed by atoms with Crippen LogP contribution in [0.25, 0.3) is 0 Å². The van der Waals surface area contributed by atoms with Crippen molar-refractivity contribution in [1.29, 1.82) is 0 Å². The van der Waals surface area contributed by atoms with Crippen LogP contribution in [0.3, 0.4) is 0 Å². The van der Waals surface area contributed by atoms with Crippen molar-refractivity contribution in [2.45, 2.75) is 0 Å². The second-order valence-corrected chi connectivity index (χ2v) is 5.08. The van der Waals surface area contributed by atoms with Crippen LogP contribution in [0, 0.1) is 0 Å². The van der Waals surface area contributed by atoms with Crippen molar-refractivity contribution in [3.05, 3.63) is 64.7 Å². The number of benzene rings is 2. The Morgan fingerprint density at radius 3 is 2.41 bits per heavy atom. The molecule has 0 aromatic heterocycles. The Hall–Kier alpha value is -2.44. The fourth-order valence-electron chi connectivity index (χ4n) is 1.54. The maximum atomic E-state index is 11.9. The lowest BCUT2D eigenvalue weighted by Gasteiger charge is -2.04. The number of hydrogen-bond acceptors (Lipinski definition) is 4. The summed E-state index contributed by atoms with van der Waals surface area (Å²) in [6, 6.07) is 13.3. The van der Waals surface area contributed by atoms with Gasteiger partial charge in [-0.1, -0.05) is 11.6 Å². The molecule has 0 aliphatic rings. The Labute approximate surface area is 137 Å². The zero-order valence-corrected chi connectivity index (χ0v) is 12.9. The van der Waals surface area contributed by atoms with Crippen LogP contribution in [-0.2, 0) is 0 Å². The summed E-state index contributed by atoms with van der Waals surface area (Å²) in [6.07, 6.45) is 1.55. The molecular weight excluding hydrogens is 322 g/mol. The van der Waals surface area contributed by atoms with E-state index in [4.69, 9.17) is 22.1 Å². The van der Waals surface area contributed by atoms with Gasteiger partial charge < -0.3 is 10.5 Å². The Balaban J connectivity index is 1.98. The van der Waals surface area contributed by atoms with E-state index in [1.807, 2.05) is 0 Å². The first-order valence-corrected chi connectivity index (χ1v) is 6.99. The maximum absolute atomic E-state index is 11.9. The van der Waals surface area contributed by atoms with Crippen molar-refractivity contribution in [2.75, 3.05) is 0 Å². The van der Waals surface area contributed by atoms with E-state index in [-0.39, 0.29) is 5.11 Å². The van der Waals surface area contributed by atoms with E-state index in [1.54, 1.807) is 54.7 Å². The Morgan fingerprint density at radius 1 is 1.18 bits per heavy atom. The molecule has 0 aliphatic heterocycles. The number of hydrazone groups is 1. The molecule has 2 aromatic rings. The second-order valence-electron chi connectivity index (χ2n) is 4.20. The largest absolute Gasteiger partial charge is 0.423 e. The molecule has 0 heterocycles. The van der Waals surface area contributed by atoms with E-state index in [0.29, 0.717) is 16.3 Å².